The molecule has 0 bridgehead atoms. The molecule has 136 valence electrons. The summed E-state index contributed by atoms with van der Waals surface area (Å²) < 4.78 is 33.3. The van der Waals surface area contributed by atoms with Gasteiger partial charge in [-0.3, -0.25) is 0 Å². The van der Waals surface area contributed by atoms with E-state index in [9.17, 15) is 4.55 Å². The molecular weight excluding hydrogens is 337 g/mol. The normalized spacial score (nSPS) is 37.6. The van der Waals surface area contributed by atoms with Gasteiger partial charge in [0, 0.05) is 11.4 Å². The lowest BCUT2D eigenvalue weighted by Crippen LogP contribution is -2.62. The Labute approximate surface area is 153 Å². The van der Waals surface area contributed by atoms with Crippen LogP contribution in [0, 0.1) is 0 Å². The van der Waals surface area contributed by atoms with Crippen molar-refractivity contribution in [3.63, 3.8) is 0 Å². The van der Waals surface area contributed by atoms with Gasteiger partial charge in [0.05, 0.1) is 17.8 Å². The number of fused-ring (bicyclic) bond motifs is 1. The lowest BCUT2D eigenvalue weighted by Gasteiger charge is -2.44. The fourth-order valence-corrected chi connectivity index (χ4v) is 5.16. The summed E-state index contributed by atoms with van der Waals surface area (Å²) in [6.45, 7) is 12.7. The number of ether oxygens (including phenoxy) is 1. The van der Waals surface area contributed by atoms with Gasteiger partial charge in [-0.2, -0.15) is 0 Å². The van der Waals surface area contributed by atoms with E-state index in [1.165, 1.54) is 0 Å². The van der Waals surface area contributed by atoms with Gasteiger partial charge in [-0.25, -0.2) is 0 Å². The van der Waals surface area contributed by atoms with Crippen LogP contribution in [0.1, 0.15) is 47.1 Å². The molecule has 0 aliphatic carbocycles. The molecule has 4 rings (SSSR count). The van der Waals surface area contributed by atoms with Gasteiger partial charge in [0.15, 0.2) is 4.75 Å². The second kappa shape index (κ2) is 5.24. The molecule has 3 aliphatic rings. The van der Waals surface area contributed by atoms with E-state index in [1.54, 1.807) is 0 Å². The van der Waals surface area contributed by atoms with Crippen LogP contribution in [0.2, 0.25) is 0 Å². The summed E-state index contributed by atoms with van der Waals surface area (Å²) in [7, 11) is -0.368. The third-order valence-corrected chi connectivity index (χ3v) is 7.98. The number of hydrogen-bond donors (Lipinski definition) is 1. The molecule has 3 unspecified atom stereocenters. The average molecular weight is 363 g/mol. The number of benzene rings is 1. The monoisotopic (exact) mass is 363 g/mol. The maximum atomic E-state index is 12.4. The van der Waals surface area contributed by atoms with E-state index < -0.39 is 16.1 Å². The standard InChI is InChI=1S/C18H26BNO4S/c1-15(2)14-18(11-22-14,20-25(15)21)12-7-9-13(10-8-12)19-23-16(3,4)17(5,6)24-19/h7-10,14,20H,11H2,1-6H3. The molecular formula is C18H26BNO4S. The third kappa shape index (κ3) is 2.37. The zero-order chi connectivity index (χ0) is 18.3. The van der Waals surface area contributed by atoms with Crippen molar-refractivity contribution in [3.05, 3.63) is 29.8 Å². The Hall–Kier alpha value is -0.565. The average Bonchev–Trinajstić information content (AvgIpc) is 2.78. The van der Waals surface area contributed by atoms with Gasteiger partial charge in [0.25, 0.3) is 0 Å². The van der Waals surface area contributed by atoms with Crippen molar-refractivity contribution in [2.45, 2.75) is 69.1 Å². The topological polar surface area (TPSA) is 62.8 Å². The van der Waals surface area contributed by atoms with Crippen LogP contribution in [0.4, 0.5) is 0 Å². The van der Waals surface area contributed by atoms with Crippen molar-refractivity contribution < 1.29 is 18.6 Å². The minimum absolute atomic E-state index is 0.0801. The van der Waals surface area contributed by atoms with Crippen LogP contribution in [0.5, 0.6) is 0 Å². The number of hydrogen-bond acceptors (Lipinski definition) is 5. The van der Waals surface area contributed by atoms with Crippen LogP contribution >= 0.6 is 0 Å². The van der Waals surface area contributed by atoms with Crippen molar-refractivity contribution in [2.75, 3.05) is 6.61 Å². The molecule has 0 amide bonds. The lowest BCUT2D eigenvalue weighted by molar-refractivity contribution is -0.146. The molecule has 0 saturated carbocycles. The Bertz CT molecular complexity index is 677. The molecule has 0 spiro atoms. The van der Waals surface area contributed by atoms with E-state index >= 15 is 0 Å². The van der Waals surface area contributed by atoms with E-state index in [0.29, 0.717) is 6.61 Å². The minimum atomic E-state index is -1.12. The van der Waals surface area contributed by atoms with Gasteiger partial charge in [-0.15, -0.1) is 4.72 Å². The second-order valence-electron chi connectivity index (χ2n) is 8.85. The summed E-state index contributed by atoms with van der Waals surface area (Å²) in [6, 6.07) is 8.22. The molecule has 1 N–H and O–H groups in total. The van der Waals surface area contributed by atoms with Crippen LogP contribution in [0.3, 0.4) is 0 Å². The van der Waals surface area contributed by atoms with E-state index in [4.69, 9.17) is 14.0 Å². The predicted octanol–water partition coefficient (Wildman–Crippen LogP) is 1.63. The molecule has 0 aromatic heterocycles. The highest BCUT2D eigenvalue weighted by molar-refractivity contribution is 7.91. The Morgan fingerprint density at radius 2 is 1.60 bits per heavy atom. The molecule has 1 aromatic rings. The summed E-state index contributed by atoms with van der Waals surface area (Å²) in [4.78, 5) is 0. The zero-order valence-electron chi connectivity index (χ0n) is 15.7. The molecule has 25 heavy (non-hydrogen) atoms. The Morgan fingerprint density at radius 3 is 2.04 bits per heavy atom. The largest absolute Gasteiger partial charge is 0.598 e. The summed E-state index contributed by atoms with van der Waals surface area (Å²) in [5, 5.41) is 0. The molecule has 3 saturated heterocycles. The predicted molar refractivity (Wildman–Crippen MR) is 98.9 cm³/mol. The van der Waals surface area contributed by atoms with Crippen molar-refractivity contribution in [1.29, 1.82) is 0 Å². The zero-order valence-corrected chi connectivity index (χ0v) is 16.5. The smallest absolute Gasteiger partial charge is 0.494 e. The molecule has 5 nitrogen and oxygen atoms in total. The van der Waals surface area contributed by atoms with Gasteiger partial charge in [-0.05, 0) is 52.6 Å². The molecule has 7 heteroatoms. The van der Waals surface area contributed by atoms with Gasteiger partial charge < -0.3 is 18.6 Å². The third-order valence-electron chi connectivity index (χ3n) is 6.26. The Morgan fingerprint density at radius 1 is 1.04 bits per heavy atom. The van der Waals surface area contributed by atoms with E-state index in [0.717, 1.165) is 11.0 Å². The van der Waals surface area contributed by atoms with Gasteiger partial charge in [0.2, 0.25) is 0 Å². The highest BCUT2D eigenvalue weighted by Gasteiger charge is 2.69. The van der Waals surface area contributed by atoms with Crippen LogP contribution in [0.15, 0.2) is 24.3 Å². The summed E-state index contributed by atoms with van der Waals surface area (Å²) >= 11 is -1.12. The fraction of sp³-hybridized carbons (Fsp3) is 0.667. The minimum Gasteiger partial charge on any atom is -0.598 e. The number of rotatable bonds is 2. The van der Waals surface area contributed by atoms with Crippen LogP contribution in [-0.2, 0) is 30.9 Å². The molecule has 3 aliphatic heterocycles. The van der Waals surface area contributed by atoms with Crippen LogP contribution in [0.25, 0.3) is 0 Å². The first-order valence-corrected chi connectivity index (χ1v) is 9.92. The van der Waals surface area contributed by atoms with Crippen molar-refractivity contribution in [3.8, 4) is 0 Å². The Balaban J connectivity index is 1.58. The number of nitrogens with one attached hydrogen (secondary N) is 1. The molecule has 3 heterocycles. The molecule has 1 aromatic carbocycles. The Kier molecular flexibility index (Phi) is 3.74. The first-order chi connectivity index (χ1) is 11.5. The van der Waals surface area contributed by atoms with E-state index in [-0.39, 0.29) is 30.0 Å². The second-order valence-corrected chi connectivity index (χ2v) is 10.6. The maximum Gasteiger partial charge on any atom is 0.494 e. The molecule has 0 radical (unpaired) electrons. The summed E-state index contributed by atoms with van der Waals surface area (Å²) in [6.07, 6.45) is -0.0801. The fourth-order valence-electron chi connectivity index (χ4n) is 3.81. The van der Waals surface area contributed by atoms with Crippen LogP contribution < -0.4 is 10.2 Å². The maximum absolute atomic E-state index is 12.4. The highest BCUT2D eigenvalue weighted by Crippen LogP contribution is 2.50. The summed E-state index contributed by atoms with van der Waals surface area (Å²) in [5.74, 6) is 0. The van der Waals surface area contributed by atoms with Crippen molar-refractivity contribution in [1.82, 2.24) is 4.72 Å². The highest BCUT2D eigenvalue weighted by atomic mass is 32.2. The van der Waals surface area contributed by atoms with Gasteiger partial charge in [-0.1, -0.05) is 24.3 Å². The molecule has 3 atom stereocenters. The lowest BCUT2D eigenvalue weighted by atomic mass is 9.74. The van der Waals surface area contributed by atoms with Crippen LogP contribution in [-0.4, -0.2) is 40.3 Å². The van der Waals surface area contributed by atoms with Gasteiger partial charge >= 0.3 is 7.12 Å². The van der Waals surface area contributed by atoms with Crippen molar-refractivity contribution >= 4 is 23.9 Å². The first-order valence-electron chi connectivity index (χ1n) is 8.77. The van der Waals surface area contributed by atoms with E-state index in [2.05, 4.69) is 44.5 Å². The molecule has 3 fully saturated rings. The first kappa shape index (κ1) is 17.8. The van der Waals surface area contributed by atoms with Crippen molar-refractivity contribution in [2.24, 2.45) is 0 Å². The van der Waals surface area contributed by atoms with Gasteiger partial charge in [0.1, 0.15) is 11.6 Å². The quantitative estimate of drug-likeness (QED) is 0.639. The SMILES string of the molecule is CC1(C)C2OCC2(c2ccc(B3OC(C)(C)C(C)(C)O3)cc2)N[S+]1[O-]. The summed E-state index contributed by atoms with van der Waals surface area (Å²) in [5.41, 5.74) is 1.03. The van der Waals surface area contributed by atoms with E-state index in [1.807, 2.05) is 26.0 Å².